The van der Waals surface area contributed by atoms with Crippen molar-refractivity contribution in [1.82, 2.24) is 15.2 Å². The lowest BCUT2D eigenvalue weighted by Gasteiger charge is -2.40. The summed E-state index contributed by atoms with van der Waals surface area (Å²) < 4.78 is 28.0. The molecule has 1 fully saturated rings. The number of nitrogens with zero attached hydrogens (tertiary/aromatic N) is 3. The van der Waals surface area contributed by atoms with Gasteiger partial charge in [0.2, 0.25) is 0 Å². The monoisotopic (exact) mass is 467 g/mol. The SMILES string of the molecule is O=c1[nH]nc(Cc2ccc(F)c([P]3(O)CCN(c4ccc(F)cn4)CC3)c2)c2ccccc12. The molecule has 2 aromatic heterocycles. The molecule has 0 bridgehead atoms. The second-order valence-electron chi connectivity index (χ2n) is 8.20. The van der Waals surface area contributed by atoms with E-state index in [0.717, 1.165) is 10.9 Å². The molecule has 3 heterocycles. The van der Waals surface area contributed by atoms with Crippen molar-refractivity contribution < 1.29 is 13.7 Å². The lowest BCUT2D eigenvalue weighted by atomic mass is 10.0. The van der Waals surface area contributed by atoms with Gasteiger partial charge in [0.05, 0.1) is 17.3 Å². The molecule has 0 spiro atoms. The van der Waals surface area contributed by atoms with Crippen molar-refractivity contribution in [3.05, 3.63) is 94.0 Å². The molecule has 0 amide bonds. The number of anilines is 1. The van der Waals surface area contributed by atoms with E-state index in [1.165, 1.54) is 18.3 Å². The smallest absolute Gasteiger partial charge is 0.272 e. The van der Waals surface area contributed by atoms with Crippen molar-refractivity contribution in [3.63, 3.8) is 0 Å². The molecule has 9 heteroatoms. The first kappa shape index (κ1) is 21.6. The minimum absolute atomic E-state index is 0.253. The summed E-state index contributed by atoms with van der Waals surface area (Å²) >= 11 is 0. The van der Waals surface area contributed by atoms with Crippen molar-refractivity contribution in [2.75, 3.05) is 30.3 Å². The first-order valence-electron chi connectivity index (χ1n) is 10.6. The fourth-order valence-corrected chi connectivity index (χ4v) is 7.04. The Bertz CT molecular complexity index is 1370. The van der Waals surface area contributed by atoms with Crippen LogP contribution in [0.1, 0.15) is 11.3 Å². The first-order valence-corrected chi connectivity index (χ1v) is 12.8. The maximum Gasteiger partial charge on any atom is 0.272 e. The number of halogens is 2. The standard InChI is InChI=1S/C24H22F2N4O2P/c25-17-6-8-23(27-15-17)30-9-11-33(32,12-10-30)22-14-16(5-7-20(22)26)13-21-18-3-1-2-4-19(18)24(31)29-28-21/h1-8,14-15,32H,9-13H2,(H,29,31). The average Bonchev–Trinajstić information content (AvgIpc) is 2.83. The van der Waals surface area contributed by atoms with Crippen molar-refractivity contribution >= 4 is 29.4 Å². The van der Waals surface area contributed by atoms with Crippen LogP contribution in [-0.2, 0) is 6.42 Å². The Morgan fingerprint density at radius 1 is 1.03 bits per heavy atom. The Balaban J connectivity index is 1.40. The Kier molecular flexibility index (Phi) is 5.64. The van der Waals surface area contributed by atoms with Gasteiger partial charge in [0.15, 0.2) is 0 Å². The molecule has 33 heavy (non-hydrogen) atoms. The highest BCUT2D eigenvalue weighted by Gasteiger charge is 2.35. The summed E-state index contributed by atoms with van der Waals surface area (Å²) in [6.07, 6.45) is 2.41. The van der Waals surface area contributed by atoms with Crippen LogP contribution in [-0.4, -0.2) is 45.5 Å². The van der Waals surface area contributed by atoms with Crippen LogP contribution in [0.4, 0.5) is 14.6 Å². The molecular formula is C24H22F2N4O2P. The molecule has 1 saturated heterocycles. The van der Waals surface area contributed by atoms with Crippen LogP contribution < -0.4 is 15.8 Å². The van der Waals surface area contributed by atoms with E-state index in [0.29, 0.717) is 54.0 Å². The van der Waals surface area contributed by atoms with Crippen LogP contribution in [0.25, 0.3) is 10.8 Å². The number of aromatic nitrogens is 3. The Hall–Kier alpha value is -3.22. The van der Waals surface area contributed by atoms with Crippen LogP contribution >= 0.6 is 7.49 Å². The second-order valence-corrected chi connectivity index (χ2v) is 11.4. The van der Waals surface area contributed by atoms with Gasteiger partial charge in [0, 0.05) is 50.0 Å². The zero-order valence-electron chi connectivity index (χ0n) is 17.7. The summed E-state index contributed by atoms with van der Waals surface area (Å²) in [6.45, 7) is 1.03. The zero-order chi connectivity index (χ0) is 23.0. The van der Waals surface area contributed by atoms with Crippen molar-refractivity contribution in [2.24, 2.45) is 0 Å². The van der Waals surface area contributed by atoms with Crippen LogP contribution in [0, 0.1) is 11.6 Å². The number of hydrogen-bond acceptors (Lipinski definition) is 5. The molecule has 0 aliphatic carbocycles. The lowest BCUT2D eigenvalue weighted by molar-refractivity contribution is 0.585. The van der Waals surface area contributed by atoms with Crippen molar-refractivity contribution in [2.45, 2.75) is 6.42 Å². The molecule has 6 nitrogen and oxygen atoms in total. The average molecular weight is 467 g/mol. The van der Waals surface area contributed by atoms with E-state index < -0.39 is 19.1 Å². The Morgan fingerprint density at radius 3 is 2.52 bits per heavy atom. The summed E-state index contributed by atoms with van der Waals surface area (Å²) in [4.78, 5) is 29.6. The van der Waals surface area contributed by atoms with Gasteiger partial charge < -0.3 is 9.79 Å². The number of H-pyrrole nitrogens is 1. The van der Waals surface area contributed by atoms with Crippen LogP contribution in [0.5, 0.6) is 0 Å². The summed E-state index contributed by atoms with van der Waals surface area (Å²) in [5, 5.41) is 8.40. The minimum atomic E-state index is -2.71. The zero-order valence-corrected chi connectivity index (χ0v) is 18.6. The lowest BCUT2D eigenvalue weighted by Crippen LogP contribution is -2.40. The molecule has 1 aliphatic rings. The number of benzene rings is 2. The second kappa shape index (κ2) is 8.61. The van der Waals surface area contributed by atoms with Gasteiger partial charge in [-0.3, -0.25) is 4.79 Å². The summed E-state index contributed by atoms with van der Waals surface area (Å²) in [6, 6.07) is 15.0. The van der Waals surface area contributed by atoms with Crippen LogP contribution in [0.15, 0.2) is 65.6 Å². The van der Waals surface area contributed by atoms with Gasteiger partial charge in [-0.2, -0.15) is 5.10 Å². The highest BCUT2D eigenvalue weighted by Crippen LogP contribution is 2.55. The predicted octanol–water partition coefficient (Wildman–Crippen LogP) is 3.26. The normalized spacial score (nSPS) is 15.7. The molecule has 5 rings (SSSR count). The highest BCUT2D eigenvalue weighted by atomic mass is 31.2. The molecule has 4 aromatic rings. The third-order valence-electron chi connectivity index (χ3n) is 6.12. The van der Waals surface area contributed by atoms with Gasteiger partial charge >= 0.3 is 0 Å². The number of pyridine rings is 1. The fraction of sp³-hybridized carbons (Fsp3) is 0.208. The predicted molar refractivity (Wildman–Crippen MR) is 126 cm³/mol. The maximum absolute atomic E-state index is 14.8. The molecule has 0 saturated carbocycles. The van der Waals surface area contributed by atoms with E-state index in [1.807, 2.05) is 17.0 Å². The van der Waals surface area contributed by atoms with E-state index in [2.05, 4.69) is 15.2 Å². The number of hydrogen-bond donors (Lipinski definition) is 2. The van der Waals surface area contributed by atoms with E-state index in [-0.39, 0.29) is 5.56 Å². The summed E-state index contributed by atoms with van der Waals surface area (Å²) in [5.41, 5.74) is 1.24. The molecule has 1 aliphatic heterocycles. The first-order chi connectivity index (χ1) is 15.9. The van der Waals surface area contributed by atoms with E-state index >= 15 is 0 Å². The van der Waals surface area contributed by atoms with Gasteiger partial charge in [0.25, 0.3) is 5.56 Å². The Labute approximate surface area is 189 Å². The van der Waals surface area contributed by atoms with E-state index in [9.17, 15) is 18.5 Å². The maximum atomic E-state index is 14.8. The molecular weight excluding hydrogens is 445 g/mol. The summed E-state index contributed by atoms with van der Waals surface area (Å²) in [7, 11) is -2.71. The van der Waals surface area contributed by atoms with Gasteiger partial charge in [-0.15, -0.1) is 0 Å². The third-order valence-corrected chi connectivity index (χ3v) is 9.24. The molecule has 2 aromatic carbocycles. The largest absolute Gasteiger partial charge is 0.375 e. The third kappa shape index (κ3) is 4.24. The molecule has 1 radical (unpaired) electrons. The highest BCUT2D eigenvalue weighted by molar-refractivity contribution is 7.77. The van der Waals surface area contributed by atoms with Gasteiger partial charge in [0.1, 0.15) is 17.5 Å². The van der Waals surface area contributed by atoms with E-state index in [4.69, 9.17) is 0 Å². The number of rotatable bonds is 4. The number of fused-ring (bicyclic) bond motifs is 1. The number of aromatic amines is 1. The van der Waals surface area contributed by atoms with Gasteiger partial charge in [-0.1, -0.05) is 24.3 Å². The summed E-state index contributed by atoms with van der Waals surface area (Å²) in [5.74, 6) is -0.168. The van der Waals surface area contributed by atoms with Gasteiger partial charge in [-0.05, 0) is 35.9 Å². The van der Waals surface area contributed by atoms with Gasteiger partial charge in [-0.25, -0.2) is 18.9 Å². The molecule has 0 unspecified atom stereocenters. The minimum Gasteiger partial charge on any atom is -0.375 e. The van der Waals surface area contributed by atoms with Crippen molar-refractivity contribution in [1.29, 1.82) is 0 Å². The molecule has 169 valence electrons. The molecule has 2 N–H and O–H groups in total. The Morgan fingerprint density at radius 2 is 1.79 bits per heavy atom. The van der Waals surface area contributed by atoms with Crippen LogP contribution in [0.3, 0.4) is 0 Å². The quantitative estimate of drug-likeness (QED) is 0.451. The van der Waals surface area contributed by atoms with Crippen molar-refractivity contribution in [3.8, 4) is 0 Å². The topological polar surface area (TPSA) is 82.1 Å². The van der Waals surface area contributed by atoms with Crippen LogP contribution in [0.2, 0.25) is 0 Å². The van der Waals surface area contributed by atoms with E-state index in [1.54, 1.807) is 30.3 Å². The number of nitrogens with one attached hydrogen (secondary N) is 1. The fourth-order valence-electron chi connectivity index (χ4n) is 4.31. The molecule has 0 atom stereocenters.